The van der Waals surface area contributed by atoms with Crippen LogP contribution in [0.5, 0.6) is 11.5 Å². The standard InChI is InChI=1S/C23H25N3O4/c1-14(2)13-25-17-7-5-6-16-21(17)23(28)26(22(16)27)18(10-11-24)15-8-9-19(29-3)20(12-15)30-4/h5-9,12,14,18,25H,10,13H2,1-4H3. The van der Waals surface area contributed by atoms with Crippen molar-refractivity contribution in [2.24, 2.45) is 5.92 Å². The zero-order chi connectivity index (χ0) is 21.8. The van der Waals surface area contributed by atoms with Crippen LogP contribution in [0.25, 0.3) is 0 Å². The molecule has 3 rings (SSSR count). The van der Waals surface area contributed by atoms with Gasteiger partial charge in [-0.3, -0.25) is 14.5 Å². The molecule has 0 bridgehead atoms. The maximum atomic E-state index is 13.3. The number of carbonyl (C=O) groups is 2. The Labute approximate surface area is 176 Å². The largest absolute Gasteiger partial charge is 0.493 e. The topological polar surface area (TPSA) is 91.7 Å². The molecule has 0 aromatic heterocycles. The van der Waals surface area contributed by atoms with Gasteiger partial charge in [0.15, 0.2) is 11.5 Å². The molecule has 7 nitrogen and oxygen atoms in total. The van der Waals surface area contributed by atoms with Gasteiger partial charge in [0.1, 0.15) is 0 Å². The van der Waals surface area contributed by atoms with Gasteiger partial charge < -0.3 is 14.8 Å². The van der Waals surface area contributed by atoms with Gasteiger partial charge in [0.25, 0.3) is 11.8 Å². The van der Waals surface area contributed by atoms with Gasteiger partial charge >= 0.3 is 0 Å². The first kappa shape index (κ1) is 21.2. The number of carbonyl (C=O) groups excluding carboxylic acids is 2. The lowest BCUT2D eigenvalue weighted by Crippen LogP contribution is -2.34. The van der Waals surface area contributed by atoms with E-state index < -0.39 is 17.9 Å². The molecule has 0 saturated heterocycles. The highest BCUT2D eigenvalue weighted by Gasteiger charge is 2.42. The Kier molecular flexibility index (Phi) is 6.26. The Balaban J connectivity index is 2.02. The number of ether oxygens (including phenoxy) is 2. The Morgan fingerprint density at radius 2 is 1.80 bits per heavy atom. The molecule has 0 aliphatic carbocycles. The first-order valence-electron chi connectivity index (χ1n) is 9.76. The third-order valence-corrected chi connectivity index (χ3v) is 5.04. The van der Waals surface area contributed by atoms with Crippen molar-refractivity contribution in [3.05, 3.63) is 53.1 Å². The molecular weight excluding hydrogens is 382 g/mol. The van der Waals surface area contributed by atoms with Crippen molar-refractivity contribution in [2.75, 3.05) is 26.1 Å². The van der Waals surface area contributed by atoms with Crippen molar-refractivity contribution >= 4 is 17.5 Å². The molecule has 0 radical (unpaired) electrons. The minimum absolute atomic E-state index is 0.0320. The van der Waals surface area contributed by atoms with E-state index in [1.165, 1.54) is 19.1 Å². The molecule has 2 aromatic rings. The third-order valence-electron chi connectivity index (χ3n) is 5.04. The van der Waals surface area contributed by atoms with E-state index in [0.717, 1.165) is 0 Å². The highest BCUT2D eigenvalue weighted by atomic mass is 16.5. The van der Waals surface area contributed by atoms with Gasteiger partial charge in [-0.05, 0) is 35.7 Å². The Hall–Kier alpha value is -3.53. The lowest BCUT2D eigenvalue weighted by atomic mass is 10.0. The zero-order valence-electron chi connectivity index (χ0n) is 17.6. The number of benzene rings is 2. The van der Waals surface area contributed by atoms with Gasteiger partial charge in [-0.15, -0.1) is 0 Å². The van der Waals surface area contributed by atoms with Crippen molar-refractivity contribution in [1.29, 1.82) is 5.26 Å². The van der Waals surface area contributed by atoms with Crippen LogP contribution in [-0.4, -0.2) is 37.5 Å². The second kappa shape index (κ2) is 8.87. The number of fused-ring (bicyclic) bond motifs is 1. The second-order valence-corrected chi connectivity index (χ2v) is 7.48. The number of imide groups is 1. The Morgan fingerprint density at radius 3 is 2.43 bits per heavy atom. The fourth-order valence-corrected chi connectivity index (χ4v) is 3.55. The van der Waals surface area contributed by atoms with Gasteiger partial charge in [0, 0.05) is 12.2 Å². The van der Waals surface area contributed by atoms with Crippen LogP contribution in [0.3, 0.4) is 0 Å². The zero-order valence-corrected chi connectivity index (χ0v) is 17.6. The molecular formula is C23H25N3O4. The predicted molar refractivity (Wildman–Crippen MR) is 113 cm³/mol. The highest BCUT2D eigenvalue weighted by molar-refractivity contribution is 6.24. The van der Waals surface area contributed by atoms with Crippen LogP contribution in [0.15, 0.2) is 36.4 Å². The van der Waals surface area contributed by atoms with E-state index >= 15 is 0 Å². The number of nitrogens with one attached hydrogen (secondary N) is 1. The van der Waals surface area contributed by atoms with Crippen molar-refractivity contribution in [3.63, 3.8) is 0 Å². The summed E-state index contributed by atoms with van der Waals surface area (Å²) in [4.78, 5) is 27.7. The fourth-order valence-electron chi connectivity index (χ4n) is 3.55. The maximum absolute atomic E-state index is 13.3. The highest BCUT2D eigenvalue weighted by Crippen LogP contribution is 2.39. The molecule has 7 heteroatoms. The number of methoxy groups -OCH3 is 2. The summed E-state index contributed by atoms with van der Waals surface area (Å²) in [6.07, 6.45) is -0.0320. The van der Waals surface area contributed by atoms with E-state index in [2.05, 4.69) is 25.2 Å². The van der Waals surface area contributed by atoms with E-state index in [1.54, 1.807) is 36.4 Å². The van der Waals surface area contributed by atoms with E-state index in [1.807, 2.05) is 0 Å². The molecule has 1 unspecified atom stereocenters. The van der Waals surface area contributed by atoms with Crippen LogP contribution in [0, 0.1) is 17.2 Å². The van der Waals surface area contributed by atoms with Gasteiger partial charge in [-0.1, -0.05) is 26.0 Å². The molecule has 30 heavy (non-hydrogen) atoms. The summed E-state index contributed by atoms with van der Waals surface area (Å²) >= 11 is 0. The average Bonchev–Trinajstić information content (AvgIpc) is 3.00. The number of hydrogen-bond donors (Lipinski definition) is 1. The monoisotopic (exact) mass is 407 g/mol. The van der Waals surface area contributed by atoms with Crippen LogP contribution in [0.2, 0.25) is 0 Å². The Morgan fingerprint density at radius 1 is 1.07 bits per heavy atom. The summed E-state index contributed by atoms with van der Waals surface area (Å²) < 4.78 is 10.6. The number of amides is 2. The van der Waals surface area contributed by atoms with Gasteiger partial charge in [0.2, 0.25) is 0 Å². The van der Waals surface area contributed by atoms with Crippen LogP contribution in [0.1, 0.15) is 52.6 Å². The third kappa shape index (κ3) is 3.81. The molecule has 1 N–H and O–H groups in total. The van der Waals surface area contributed by atoms with Gasteiger partial charge in [0.05, 0.1) is 43.9 Å². The minimum Gasteiger partial charge on any atom is -0.493 e. The summed E-state index contributed by atoms with van der Waals surface area (Å²) in [5.74, 6) is 0.561. The smallest absolute Gasteiger partial charge is 0.264 e. The predicted octanol–water partition coefficient (Wildman–Crippen LogP) is 4.02. The first-order valence-corrected chi connectivity index (χ1v) is 9.76. The van der Waals surface area contributed by atoms with Crippen molar-refractivity contribution in [1.82, 2.24) is 4.90 Å². The number of anilines is 1. The molecule has 0 spiro atoms. The lowest BCUT2D eigenvalue weighted by molar-refractivity contribution is 0.0584. The summed E-state index contributed by atoms with van der Waals surface area (Å²) in [6, 6.07) is 11.7. The molecule has 156 valence electrons. The van der Waals surface area contributed by atoms with E-state index in [9.17, 15) is 14.9 Å². The van der Waals surface area contributed by atoms with Crippen molar-refractivity contribution < 1.29 is 19.1 Å². The van der Waals surface area contributed by atoms with Gasteiger partial charge in [-0.2, -0.15) is 5.26 Å². The average molecular weight is 407 g/mol. The van der Waals surface area contributed by atoms with Crippen LogP contribution in [0.4, 0.5) is 5.69 Å². The number of rotatable bonds is 8. The van der Waals surface area contributed by atoms with Crippen LogP contribution >= 0.6 is 0 Å². The van der Waals surface area contributed by atoms with Crippen LogP contribution < -0.4 is 14.8 Å². The molecule has 1 aliphatic rings. The first-order chi connectivity index (χ1) is 14.4. The summed E-state index contributed by atoms with van der Waals surface area (Å²) in [7, 11) is 3.04. The van der Waals surface area contributed by atoms with Crippen molar-refractivity contribution in [2.45, 2.75) is 26.3 Å². The second-order valence-electron chi connectivity index (χ2n) is 7.48. The minimum atomic E-state index is -0.736. The molecule has 1 heterocycles. The van der Waals surface area contributed by atoms with E-state index in [4.69, 9.17) is 9.47 Å². The number of nitriles is 1. The number of hydrogen-bond acceptors (Lipinski definition) is 6. The number of nitrogens with zero attached hydrogens (tertiary/aromatic N) is 2. The summed E-state index contributed by atoms with van der Waals surface area (Å²) in [5, 5.41) is 12.7. The summed E-state index contributed by atoms with van der Waals surface area (Å²) in [6.45, 7) is 4.81. The van der Waals surface area contributed by atoms with E-state index in [-0.39, 0.29) is 6.42 Å². The molecule has 2 amide bonds. The normalized spacial score (nSPS) is 13.8. The fraction of sp³-hybridized carbons (Fsp3) is 0.348. The molecule has 0 fully saturated rings. The molecule has 2 aromatic carbocycles. The SMILES string of the molecule is COc1ccc(C(CC#N)N2C(=O)c3cccc(NCC(C)C)c3C2=O)cc1OC. The Bertz CT molecular complexity index is 1010. The summed E-state index contributed by atoms with van der Waals surface area (Å²) in [5.41, 5.74) is 1.95. The lowest BCUT2D eigenvalue weighted by Gasteiger charge is -2.25. The van der Waals surface area contributed by atoms with Crippen molar-refractivity contribution in [3.8, 4) is 17.6 Å². The molecule has 1 atom stereocenters. The van der Waals surface area contributed by atoms with E-state index in [0.29, 0.717) is 46.3 Å². The molecule has 1 aliphatic heterocycles. The quantitative estimate of drug-likeness (QED) is 0.665. The maximum Gasteiger partial charge on any atom is 0.264 e. The van der Waals surface area contributed by atoms with Gasteiger partial charge in [-0.25, -0.2) is 0 Å². The van der Waals surface area contributed by atoms with Crippen LogP contribution in [-0.2, 0) is 0 Å². The molecule has 0 saturated carbocycles.